The molecule has 1 aliphatic heterocycles. The Bertz CT molecular complexity index is 724. The Morgan fingerprint density at radius 2 is 2.26 bits per heavy atom. The molecule has 1 fully saturated rings. The van der Waals surface area contributed by atoms with Crippen molar-refractivity contribution in [3.63, 3.8) is 0 Å². The first-order valence-corrected chi connectivity index (χ1v) is 7.85. The SMILES string of the molecule is CC1CS(=O)(=O)CCN1c1nc(N)cn2ccnc12. The fourth-order valence-electron chi connectivity index (χ4n) is 2.44. The molecular weight excluding hydrogens is 266 g/mol. The molecule has 1 aliphatic rings. The highest BCUT2D eigenvalue weighted by Crippen LogP contribution is 2.24. The van der Waals surface area contributed by atoms with E-state index < -0.39 is 9.84 Å². The fraction of sp³-hybridized carbons (Fsp3) is 0.455. The summed E-state index contributed by atoms with van der Waals surface area (Å²) in [6.45, 7) is 2.30. The summed E-state index contributed by atoms with van der Waals surface area (Å²) >= 11 is 0. The predicted molar refractivity (Wildman–Crippen MR) is 72.9 cm³/mol. The average Bonchev–Trinajstić information content (AvgIpc) is 2.74. The highest BCUT2D eigenvalue weighted by molar-refractivity contribution is 7.91. The molecule has 1 unspecified atom stereocenters. The fourth-order valence-corrected chi connectivity index (χ4v) is 4.00. The molecule has 1 atom stereocenters. The van der Waals surface area contributed by atoms with Gasteiger partial charge in [0.2, 0.25) is 0 Å². The third kappa shape index (κ3) is 2.12. The van der Waals surface area contributed by atoms with Gasteiger partial charge in [-0.15, -0.1) is 0 Å². The van der Waals surface area contributed by atoms with Crippen molar-refractivity contribution >= 4 is 27.1 Å². The van der Waals surface area contributed by atoms with Crippen LogP contribution in [0.1, 0.15) is 6.92 Å². The lowest BCUT2D eigenvalue weighted by Gasteiger charge is -2.34. The molecule has 0 saturated carbocycles. The Labute approximate surface area is 111 Å². The molecule has 102 valence electrons. The van der Waals surface area contributed by atoms with Crippen LogP contribution in [0.3, 0.4) is 0 Å². The zero-order valence-corrected chi connectivity index (χ0v) is 11.3. The molecule has 3 heterocycles. The summed E-state index contributed by atoms with van der Waals surface area (Å²) in [5, 5.41) is 0. The number of hydrogen-bond donors (Lipinski definition) is 1. The number of rotatable bonds is 1. The molecule has 0 amide bonds. The number of imidazole rings is 1. The van der Waals surface area contributed by atoms with Crippen LogP contribution in [0.25, 0.3) is 5.65 Å². The number of aromatic nitrogens is 3. The number of hydrogen-bond acceptors (Lipinski definition) is 6. The molecule has 3 rings (SSSR count). The maximum atomic E-state index is 11.6. The van der Waals surface area contributed by atoms with Crippen LogP contribution in [0, 0.1) is 0 Å². The van der Waals surface area contributed by atoms with Crippen LogP contribution >= 0.6 is 0 Å². The highest BCUT2D eigenvalue weighted by atomic mass is 32.2. The first-order valence-electron chi connectivity index (χ1n) is 6.02. The van der Waals surface area contributed by atoms with Crippen molar-refractivity contribution in [1.82, 2.24) is 14.4 Å². The normalized spacial score (nSPS) is 22.8. The van der Waals surface area contributed by atoms with E-state index >= 15 is 0 Å². The largest absolute Gasteiger partial charge is 0.382 e. The molecule has 2 aromatic heterocycles. The Balaban J connectivity index is 2.07. The van der Waals surface area contributed by atoms with E-state index in [0.29, 0.717) is 23.8 Å². The van der Waals surface area contributed by atoms with Gasteiger partial charge in [-0.3, -0.25) is 0 Å². The van der Waals surface area contributed by atoms with Crippen LogP contribution in [0.2, 0.25) is 0 Å². The number of anilines is 2. The van der Waals surface area contributed by atoms with Gasteiger partial charge in [0.05, 0.1) is 17.7 Å². The standard InChI is InChI=1S/C11H15N5O2S/c1-8-7-19(17,18)5-4-16(8)11-10-13-2-3-15(10)6-9(12)14-11/h2-3,6,8H,4-5,7,12H2,1H3. The van der Waals surface area contributed by atoms with E-state index in [4.69, 9.17) is 5.73 Å². The summed E-state index contributed by atoms with van der Waals surface area (Å²) in [5.41, 5.74) is 6.48. The van der Waals surface area contributed by atoms with Gasteiger partial charge in [-0.2, -0.15) is 0 Å². The van der Waals surface area contributed by atoms with Gasteiger partial charge in [0.25, 0.3) is 0 Å². The topological polar surface area (TPSA) is 93.6 Å². The predicted octanol–water partition coefficient (Wildman–Crippen LogP) is -0.0652. The first kappa shape index (κ1) is 12.2. The lowest BCUT2D eigenvalue weighted by Crippen LogP contribution is -2.47. The monoisotopic (exact) mass is 281 g/mol. The number of nitrogens with zero attached hydrogens (tertiary/aromatic N) is 4. The van der Waals surface area contributed by atoms with Gasteiger partial charge < -0.3 is 15.0 Å². The van der Waals surface area contributed by atoms with Crippen molar-refractivity contribution in [3.05, 3.63) is 18.6 Å². The molecule has 1 saturated heterocycles. The van der Waals surface area contributed by atoms with E-state index in [1.165, 1.54) is 0 Å². The molecule has 2 N–H and O–H groups in total. The Morgan fingerprint density at radius 1 is 1.47 bits per heavy atom. The van der Waals surface area contributed by atoms with Crippen molar-refractivity contribution in [2.24, 2.45) is 0 Å². The Hall–Kier alpha value is -1.83. The molecule has 0 aromatic carbocycles. The van der Waals surface area contributed by atoms with Crippen molar-refractivity contribution in [3.8, 4) is 0 Å². The van der Waals surface area contributed by atoms with Gasteiger partial charge in [0.15, 0.2) is 21.3 Å². The molecule has 8 heteroatoms. The van der Waals surface area contributed by atoms with E-state index in [1.807, 2.05) is 11.8 Å². The lowest BCUT2D eigenvalue weighted by atomic mass is 10.3. The van der Waals surface area contributed by atoms with Crippen molar-refractivity contribution in [2.75, 3.05) is 28.7 Å². The molecule has 0 radical (unpaired) electrons. The molecule has 19 heavy (non-hydrogen) atoms. The van der Waals surface area contributed by atoms with E-state index in [0.717, 1.165) is 0 Å². The van der Waals surface area contributed by atoms with E-state index in [2.05, 4.69) is 9.97 Å². The van der Waals surface area contributed by atoms with Crippen molar-refractivity contribution in [2.45, 2.75) is 13.0 Å². The van der Waals surface area contributed by atoms with Crippen LogP contribution in [-0.2, 0) is 9.84 Å². The molecule has 0 aliphatic carbocycles. The number of fused-ring (bicyclic) bond motifs is 1. The summed E-state index contributed by atoms with van der Waals surface area (Å²) in [7, 11) is -2.95. The van der Waals surface area contributed by atoms with Gasteiger partial charge in [-0.1, -0.05) is 0 Å². The maximum Gasteiger partial charge on any atom is 0.180 e. The summed E-state index contributed by atoms with van der Waals surface area (Å²) in [6.07, 6.45) is 5.16. The van der Waals surface area contributed by atoms with Gasteiger partial charge in [-0.05, 0) is 6.92 Å². The Morgan fingerprint density at radius 3 is 3.00 bits per heavy atom. The average molecular weight is 281 g/mol. The van der Waals surface area contributed by atoms with Crippen LogP contribution in [-0.4, -0.2) is 46.9 Å². The number of sulfone groups is 1. The highest BCUT2D eigenvalue weighted by Gasteiger charge is 2.30. The number of nitrogens with two attached hydrogens (primary N) is 1. The van der Waals surface area contributed by atoms with Gasteiger partial charge in [-0.25, -0.2) is 18.4 Å². The summed E-state index contributed by atoms with van der Waals surface area (Å²) < 4.78 is 25.1. The van der Waals surface area contributed by atoms with E-state index in [9.17, 15) is 8.42 Å². The smallest absolute Gasteiger partial charge is 0.180 e. The molecule has 2 aromatic rings. The van der Waals surface area contributed by atoms with Crippen molar-refractivity contribution < 1.29 is 8.42 Å². The molecule has 7 nitrogen and oxygen atoms in total. The zero-order chi connectivity index (χ0) is 13.6. The van der Waals surface area contributed by atoms with Gasteiger partial charge in [0.1, 0.15) is 5.82 Å². The summed E-state index contributed by atoms with van der Waals surface area (Å²) in [4.78, 5) is 10.5. The molecular formula is C11H15N5O2S. The van der Waals surface area contributed by atoms with E-state index in [1.54, 1.807) is 23.0 Å². The second-order valence-corrected chi connectivity index (χ2v) is 7.03. The van der Waals surface area contributed by atoms with Gasteiger partial charge in [0, 0.05) is 25.0 Å². The minimum atomic E-state index is -2.95. The first-order chi connectivity index (χ1) is 8.96. The van der Waals surface area contributed by atoms with Crippen LogP contribution in [0.15, 0.2) is 18.6 Å². The zero-order valence-electron chi connectivity index (χ0n) is 10.5. The van der Waals surface area contributed by atoms with E-state index in [-0.39, 0.29) is 17.5 Å². The lowest BCUT2D eigenvalue weighted by molar-refractivity contribution is 0.567. The third-order valence-corrected chi connectivity index (χ3v) is 5.11. The minimum Gasteiger partial charge on any atom is -0.382 e. The molecule has 0 spiro atoms. The van der Waals surface area contributed by atoms with Crippen molar-refractivity contribution in [1.29, 1.82) is 0 Å². The minimum absolute atomic E-state index is 0.131. The summed E-state index contributed by atoms with van der Waals surface area (Å²) in [5.74, 6) is 1.31. The maximum absolute atomic E-state index is 11.6. The number of nitrogen functional groups attached to an aromatic ring is 1. The van der Waals surface area contributed by atoms with Crippen LogP contribution in [0.4, 0.5) is 11.6 Å². The third-order valence-electron chi connectivity index (χ3n) is 3.32. The second kappa shape index (κ2) is 4.09. The van der Waals surface area contributed by atoms with Gasteiger partial charge >= 0.3 is 0 Å². The molecule has 0 bridgehead atoms. The quantitative estimate of drug-likeness (QED) is 0.786. The Kier molecular flexibility index (Phi) is 2.63. The van der Waals surface area contributed by atoms with Crippen LogP contribution in [0.5, 0.6) is 0 Å². The van der Waals surface area contributed by atoms with Crippen LogP contribution < -0.4 is 10.6 Å². The summed E-state index contributed by atoms with van der Waals surface area (Å²) in [6, 6.07) is -0.131. The second-order valence-electron chi connectivity index (χ2n) is 4.80.